The van der Waals surface area contributed by atoms with Crippen molar-refractivity contribution in [1.29, 1.82) is 0 Å². The Labute approximate surface area is 121 Å². The normalized spacial score (nSPS) is 10.9. The molecule has 0 aliphatic heterocycles. The minimum absolute atomic E-state index is 0.754. The summed E-state index contributed by atoms with van der Waals surface area (Å²) in [6.45, 7) is 5.65. The quantitative estimate of drug-likeness (QED) is 0.748. The van der Waals surface area contributed by atoms with Crippen LogP contribution in [-0.2, 0) is 24.2 Å². The fourth-order valence-corrected chi connectivity index (χ4v) is 2.19. The molecule has 0 spiro atoms. The van der Waals surface area contributed by atoms with Gasteiger partial charge in [0.25, 0.3) is 0 Å². The van der Waals surface area contributed by atoms with Gasteiger partial charge in [-0.3, -0.25) is 0 Å². The van der Waals surface area contributed by atoms with E-state index in [-0.39, 0.29) is 0 Å². The van der Waals surface area contributed by atoms with Gasteiger partial charge in [-0.25, -0.2) is 0 Å². The number of nitrogens with one attached hydrogen (secondary N) is 1. The highest BCUT2D eigenvalue weighted by Gasteiger charge is 1.99. The van der Waals surface area contributed by atoms with Gasteiger partial charge in [-0.15, -0.1) is 0 Å². The molecule has 0 bridgehead atoms. The van der Waals surface area contributed by atoms with Crippen molar-refractivity contribution in [2.24, 2.45) is 0 Å². The van der Waals surface area contributed by atoms with E-state index in [4.69, 9.17) is 4.74 Å². The van der Waals surface area contributed by atoms with E-state index in [0.717, 1.165) is 32.7 Å². The standard InChI is InChI=1S/C17H24N2O/c1-3-15-4-6-16(7-5-15)13-19-10-8-17(14-19)12-18-9-11-20-2/h4-8,10,14,18H,3,9,11-13H2,1-2H3. The minimum atomic E-state index is 0.754. The number of rotatable bonds is 8. The van der Waals surface area contributed by atoms with E-state index in [1.165, 1.54) is 16.7 Å². The Morgan fingerprint density at radius 3 is 2.50 bits per heavy atom. The molecule has 0 radical (unpaired) electrons. The van der Waals surface area contributed by atoms with Crippen LogP contribution in [0.1, 0.15) is 23.6 Å². The second-order valence-corrected chi connectivity index (χ2v) is 5.03. The fraction of sp³-hybridized carbons (Fsp3) is 0.412. The number of ether oxygens (including phenoxy) is 1. The molecule has 0 atom stereocenters. The molecular formula is C17H24N2O. The molecule has 0 aliphatic carbocycles. The zero-order valence-corrected chi connectivity index (χ0v) is 12.4. The molecule has 0 amide bonds. The van der Waals surface area contributed by atoms with Crippen molar-refractivity contribution >= 4 is 0 Å². The maximum atomic E-state index is 5.02. The number of aromatic nitrogens is 1. The van der Waals surface area contributed by atoms with Gasteiger partial charge in [-0.2, -0.15) is 0 Å². The highest BCUT2D eigenvalue weighted by molar-refractivity contribution is 5.23. The monoisotopic (exact) mass is 272 g/mol. The Morgan fingerprint density at radius 2 is 1.80 bits per heavy atom. The lowest BCUT2D eigenvalue weighted by Gasteiger charge is -2.05. The van der Waals surface area contributed by atoms with E-state index < -0.39 is 0 Å². The van der Waals surface area contributed by atoms with Gasteiger partial charge in [0.2, 0.25) is 0 Å². The van der Waals surface area contributed by atoms with Gasteiger partial charge < -0.3 is 14.6 Å². The zero-order chi connectivity index (χ0) is 14.2. The van der Waals surface area contributed by atoms with Crippen LogP contribution >= 0.6 is 0 Å². The molecule has 2 rings (SSSR count). The topological polar surface area (TPSA) is 26.2 Å². The lowest BCUT2D eigenvalue weighted by Crippen LogP contribution is -2.18. The molecule has 0 unspecified atom stereocenters. The summed E-state index contributed by atoms with van der Waals surface area (Å²) in [5, 5.41) is 3.36. The SMILES string of the molecule is CCc1ccc(Cn2ccc(CNCCOC)c2)cc1. The number of hydrogen-bond donors (Lipinski definition) is 1. The summed E-state index contributed by atoms with van der Waals surface area (Å²) in [4.78, 5) is 0. The van der Waals surface area contributed by atoms with Gasteiger partial charge in [0, 0.05) is 39.1 Å². The van der Waals surface area contributed by atoms with Gasteiger partial charge in [0.1, 0.15) is 0 Å². The Morgan fingerprint density at radius 1 is 1.05 bits per heavy atom. The Bertz CT molecular complexity index is 502. The molecule has 3 nitrogen and oxygen atoms in total. The molecule has 2 aromatic rings. The van der Waals surface area contributed by atoms with Gasteiger partial charge in [0.05, 0.1) is 6.61 Å². The molecule has 20 heavy (non-hydrogen) atoms. The van der Waals surface area contributed by atoms with Gasteiger partial charge in [-0.1, -0.05) is 31.2 Å². The molecule has 1 aromatic heterocycles. The van der Waals surface area contributed by atoms with Crippen molar-refractivity contribution in [3.8, 4) is 0 Å². The van der Waals surface area contributed by atoms with E-state index in [2.05, 4.69) is 59.5 Å². The highest BCUT2D eigenvalue weighted by atomic mass is 16.5. The van der Waals surface area contributed by atoms with Crippen LogP contribution in [0.15, 0.2) is 42.7 Å². The summed E-state index contributed by atoms with van der Waals surface area (Å²) in [7, 11) is 1.72. The molecule has 0 saturated heterocycles. The van der Waals surface area contributed by atoms with Crippen LogP contribution in [0.3, 0.4) is 0 Å². The van der Waals surface area contributed by atoms with Crippen molar-refractivity contribution in [2.45, 2.75) is 26.4 Å². The molecule has 0 saturated carbocycles. The Kier molecular flexibility index (Phi) is 5.84. The number of benzene rings is 1. The third-order valence-corrected chi connectivity index (χ3v) is 3.42. The summed E-state index contributed by atoms with van der Waals surface area (Å²) in [6, 6.07) is 11.0. The fourth-order valence-electron chi connectivity index (χ4n) is 2.19. The first kappa shape index (κ1) is 14.8. The maximum absolute atomic E-state index is 5.02. The molecular weight excluding hydrogens is 248 g/mol. The predicted molar refractivity (Wildman–Crippen MR) is 82.9 cm³/mol. The first-order valence-electron chi connectivity index (χ1n) is 7.24. The first-order valence-corrected chi connectivity index (χ1v) is 7.24. The number of hydrogen-bond acceptors (Lipinski definition) is 2. The van der Waals surface area contributed by atoms with Gasteiger partial charge in [-0.05, 0) is 29.2 Å². The molecule has 1 aromatic carbocycles. The molecule has 0 fully saturated rings. The molecule has 0 aliphatic rings. The smallest absolute Gasteiger partial charge is 0.0587 e. The van der Waals surface area contributed by atoms with Crippen molar-refractivity contribution in [3.05, 3.63) is 59.4 Å². The van der Waals surface area contributed by atoms with Crippen LogP contribution in [-0.4, -0.2) is 24.8 Å². The van der Waals surface area contributed by atoms with Crippen LogP contribution in [0.2, 0.25) is 0 Å². The second-order valence-electron chi connectivity index (χ2n) is 5.03. The first-order chi connectivity index (χ1) is 9.81. The third kappa shape index (κ3) is 4.51. The lowest BCUT2D eigenvalue weighted by atomic mass is 10.1. The van der Waals surface area contributed by atoms with E-state index in [1.807, 2.05) is 0 Å². The van der Waals surface area contributed by atoms with Crippen LogP contribution in [0.4, 0.5) is 0 Å². The molecule has 1 N–H and O–H groups in total. The molecule has 108 valence electrons. The van der Waals surface area contributed by atoms with Crippen LogP contribution < -0.4 is 5.32 Å². The van der Waals surface area contributed by atoms with Crippen molar-refractivity contribution in [1.82, 2.24) is 9.88 Å². The number of aryl methyl sites for hydroxylation is 1. The average Bonchev–Trinajstić information content (AvgIpc) is 2.92. The Hall–Kier alpha value is -1.58. The molecule has 1 heterocycles. The van der Waals surface area contributed by atoms with E-state index in [9.17, 15) is 0 Å². The summed E-state index contributed by atoms with van der Waals surface area (Å²) in [5.74, 6) is 0. The van der Waals surface area contributed by atoms with Crippen molar-refractivity contribution in [3.63, 3.8) is 0 Å². The van der Waals surface area contributed by atoms with E-state index >= 15 is 0 Å². The lowest BCUT2D eigenvalue weighted by molar-refractivity contribution is 0.199. The Balaban J connectivity index is 1.85. The second kappa shape index (κ2) is 7.88. The van der Waals surface area contributed by atoms with E-state index in [1.54, 1.807) is 7.11 Å². The summed E-state index contributed by atoms with van der Waals surface area (Å²) in [6.07, 6.45) is 5.44. The third-order valence-electron chi connectivity index (χ3n) is 3.42. The number of methoxy groups -OCH3 is 1. The van der Waals surface area contributed by atoms with Crippen LogP contribution in [0.5, 0.6) is 0 Å². The highest BCUT2D eigenvalue weighted by Crippen LogP contribution is 2.09. The van der Waals surface area contributed by atoms with E-state index in [0.29, 0.717) is 0 Å². The van der Waals surface area contributed by atoms with Crippen molar-refractivity contribution in [2.75, 3.05) is 20.3 Å². The van der Waals surface area contributed by atoms with Gasteiger partial charge >= 0.3 is 0 Å². The largest absolute Gasteiger partial charge is 0.383 e. The number of nitrogens with zero attached hydrogens (tertiary/aromatic N) is 1. The minimum Gasteiger partial charge on any atom is -0.383 e. The van der Waals surface area contributed by atoms with Crippen LogP contribution in [0.25, 0.3) is 0 Å². The maximum Gasteiger partial charge on any atom is 0.0587 e. The van der Waals surface area contributed by atoms with Crippen molar-refractivity contribution < 1.29 is 4.74 Å². The predicted octanol–water partition coefficient (Wildman–Crippen LogP) is 2.83. The zero-order valence-electron chi connectivity index (χ0n) is 12.4. The molecule has 3 heteroatoms. The van der Waals surface area contributed by atoms with Gasteiger partial charge in [0.15, 0.2) is 0 Å². The summed E-state index contributed by atoms with van der Waals surface area (Å²) in [5.41, 5.74) is 4.05. The average molecular weight is 272 g/mol. The van der Waals surface area contributed by atoms with Crippen LogP contribution in [0, 0.1) is 0 Å². The summed E-state index contributed by atoms with van der Waals surface area (Å²) >= 11 is 0. The summed E-state index contributed by atoms with van der Waals surface area (Å²) < 4.78 is 7.25.